The molecule has 1 aromatic rings. The second-order valence-corrected chi connectivity index (χ2v) is 6.12. The first-order valence-corrected chi connectivity index (χ1v) is 8.31. The van der Waals surface area contributed by atoms with E-state index in [1.807, 2.05) is 6.92 Å². The molecule has 0 aliphatic heterocycles. The van der Waals surface area contributed by atoms with Gasteiger partial charge in [-0.25, -0.2) is 4.79 Å². The molecule has 6 nitrogen and oxygen atoms in total. The lowest BCUT2D eigenvalue weighted by atomic mass is 10.1. The summed E-state index contributed by atoms with van der Waals surface area (Å²) in [7, 11) is 0. The molecular weight excluding hydrogens is 355 g/mol. The molecule has 0 saturated heterocycles. The van der Waals surface area contributed by atoms with Crippen LogP contribution in [0.2, 0.25) is 10.0 Å². The van der Waals surface area contributed by atoms with E-state index in [4.69, 9.17) is 23.2 Å². The Kier molecular flexibility index (Phi) is 8.57. The first-order valence-electron chi connectivity index (χ1n) is 7.55. The van der Waals surface area contributed by atoms with Crippen LogP contribution in [0, 0.1) is 0 Å². The highest BCUT2D eigenvalue weighted by Gasteiger charge is 2.20. The van der Waals surface area contributed by atoms with Gasteiger partial charge in [-0.15, -0.1) is 0 Å². The van der Waals surface area contributed by atoms with Crippen molar-refractivity contribution in [1.29, 1.82) is 0 Å². The van der Waals surface area contributed by atoms with Gasteiger partial charge in [0.15, 0.2) is 0 Å². The van der Waals surface area contributed by atoms with Crippen molar-refractivity contribution in [3.8, 4) is 0 Å². The van der Waals surface area contributed by atoms with Crippen molar-refractivity contribution < 1.29 is 19.5 Å². The van der Waals surface area contributed by atoms with Gasteiger partial charge in [-0.1, -0.05) is 23.2 Å². The van der Waals surface area contributed by atoms with Crippen LogP contribution >= 0.6 is 23.2 Å². The average molecular weight is 375 g/mol. The van der Waals surface area contributed by atoms with E-state index in [0.717, 1.165) is 0 Å². The van der Waals surface area contributed by atoms with Crippen LogP contribution in [0.25, 0.3) is 0 Å². The molecule has 24 heavy (non-hydrogen) atoms. The number of halogens is 2. The number of carbonyl (C=O) groups is 3. The van der Waals surface area contributed by atoms with Gasteiger partial charge >= 0.3 is 5.97 Å². The molecule has 1 atom stereocenters. The summed E-state index contributed by atoms with van der Waals surface area (Å²) in [6.07, 6.45) is 0.727. The van der Waals surface area contributed by atoms with Crippen molar-refractivity contribution in [2.24, 2.45) is 0 Å². The third-order valence-corrected chi connectivity index (χ3v) is 3.61. The fraction of sp³-hybridized carbons (Fsp3) is 0.438. The minimum Gasteiger partial charge on any atom is -0.480 e. The van der Waals surface area contributed by atoms with Crippen LogP contribution in [0.5, 0.6) is 0 Å². The van der Waals surface area contributed by atoms with Gasteiger partial charge in [0, 0.05) is 35.9 Å². The largest absolute Gasteiger partial charge is 0.480 e. The molecule has 132 valence electrons. The van der Waals surface area contributed by atoms with Gasteiger partial charge < -0.3 is 15.7 Å². The van der Waals surface area contributed by atoms with Crippen LogP contribution in [0.1, 0.15) is 31.7 Å². The summed E-state index contributed by atoms with van der Waals surface area (Å²) in [5, 5.41) is 15.1. The zero-order valence-electron chi connectivity index (χ0n) is 13.3. The van der Waals surface area contributed by atoms with Crippen molar-refractivity contribution in [1.82, 2.24) is 10.6 Å². The molecule has 1 aromatic carbocycles. The monoisotopic (exact) mass is 374 g/mol. The van der Waals surface area contributed by atoms with Crippen molar-refractivity contribution in [2.45, 2.75) is 38.6 Å². The molecule has 1 rings (SSSR count). The molecule has 0 fully saturated rings. The van der Waals surface area contributed by atoms with Gasteiger partial charge in [0.1, 0.15) is 6.04 Å². The van der Waals surface area contributed by atoms with Crippen molar-refractivity contribution >= 4 is 41.0 Å². The quantitative estimate of drug-likeness (QED) is 0.618. The van der Waals surface area contributed by atoms with E-state index in [9.17, 15) is 19.5 Å². The summed E-state index contributed by atoms with van der Waals surface area (Å²) in [6.45, 7) is 2.35. The minimum atomic E-state index is -1.15. The Balaban J connectivity index is 2.55. The number of carboxylic acids is 1. The average Bonchev–Trinajstić information content (AvgIpc) is 2.45. The fourth-order valence-corrected chi connectivity index (χ4v) is 2.70. The first kappa shape index (κ1) is 20.3. The van der Waals surface area contributed by atoms with Gasteiger partial charge in [-0.2, -0.15) is 0 Å². The second kappa shape index (κ2) is 10.2. The van der Waals surface area contributed by atoms with Crippen LogP contribution in [0.4, 0.5) is 0 Å². The van der Waals surface area contributed by atoms with E-state index in [0.29, 0.717) is 28.6 Å². The van der Waals surface area contributed by atoms with Crippen molar-refractivity contribution in [3.63, 3.8) is 0 Å². The van der Waals surface area contributed by atoms with Gasteiger partial charge in [-0.05, 0) is 37.1 Å². The predicted molar refractivity (Wildman–Crippen MR) is 92.3 cm³/mol. The summed E-state index contributed by atoms with van der Waals surface area (Å²) in [5.74, 6) is -1.70. The molecule has 3 N–H and O–H groups in total. The molecule has 2 amide bonds. The van der Waals surface area contributed by atoms with Crippen LogP contribution in [-0.2, 0) is 20.8 Å². The summed E-state index contributed by atoms with van der Waals surface area (Å²) < 4.78 is 0. The molecule has 0 aliphatic carbocycles. The Bertz CT molecular complexity index is 587. The van der Waals surface area contributed by atoms with Crippen molar-refractivity contribution in [2.75, 3.05) is 6.54 Å². The third-order valence-electron chi connectivity index (χ3n) is 3.18. The molecule has 1 unspecified atom stereocenters. The fourth-order valence-electron chi connectivity index (χ4n) is 2.13. The first-order chi connectivity index (χ1) is 11.3. The predicted octanol–water partition coefficient (Wildman–Crippen LogP) is 2.41. The lowest BCUT2D eigenvalue weighted by molar-refractivity contribution is -0.141. The summed E-state index contributed by atoms with van der Waals surface area (Å²) in [6, 6.07) is 3.66. The molecule has 0 aromatic heterocycles. The standard InChI is InChI=1S/C16H20Cl2N2O4/c1-2-19-14(21)4-3-5-15(22)20-13(16(23)24)8-10-6-11(17)9-12(18)7-10/h6-7,9,13H,2-5,8H2,1H3,(H,19,21)(H,20,22)(H,23,24). The SMILES string of the molecule is CCNC(=O)CCCC(=O)NC(Cc1cc(Cl)cc(Cl)c1)C(=O)O. The summed E-state index contributed by atoms with van der Waals surface area (Å²) in [4.78, 5) is 34.5. The molecule has 0 heterocycles. The molecule has 0 bridgehead atoms. The van der Waals surface area contributed by atoms with Crippen LogP contribution < -0.4 is 10.6 Å². The molecule has 0 saturated carbocycles. The van der Waals surface area contributed by atoms with Crippen LogP contribution in [-0.4, -0.2) is 35.5 Å². The normalized spacial score (nSPS) is 11.6. The Morgan fingerprint density at radius 3 is 2.21 bits per heavy atom. The summed E-state index contributed by atoms with van der Waals surface area (Å²) in [5.41, 5.74) is 0.613. The highest BCUT2D eigenvalue weighted by molar-refractivity contribution is 6.34. The smallest absolute Gasteiger partial charge is 0.326 e. The van der Waals surface area contributed by atoms with Crippen molar-refractivity contribution in [3.05, 3.63) is 33.8 Å². The number of aliphatic carboxylic acids is 1. The lowest BCUT2D eigenvalue weighted by Gasteiger charge is -2.15. The zero-order valence-corrected chi connectivity index (χ0v) is 14.8. The lowest BCUT2D eigenvalue weighted by Crippen LogP contribution is -2.42. The molecule has 0 spiro atoms. The van der Waals surface area contributed by atoms with Crippen LogP contribution in [0.3, 0.4) is 0 Å². The number of nitrogens with one attached hydrogen (secondary N) is 2. The van der Waals surface area contributed by atoms with Gasteiger partial charge in [0.05, 0.1) is 0 Å². The van der Waals surface area contributed by atoms with E-state index in [1.54, 1.807) is 18.2 Å². The number of carbonyl (C=O) groups excluding carboxylic acids is 2. The molecule has 0 aliphatic rings. The van der Waals surface area contributed by atoms with E-state index in [-0.39, 0.29) is 25.2 Å². The number of amides is 2. The van der Waals surface area contributed by atoms with E-state index in [1.165, 1.54) is 0 Å². The summed E-state index contributed by atoms with van der Waals surface area (Å²) >= 11 is 11.8. The maximum atomic E-state index is 11.9. The van der Waals surface area contributed by atoms with E-state index < -0.39 is 17.9 Å². The van der Waals surface area contributed by atoms with E-state index in [2.05, 4.69) is 10.6 Å². The maximum absolute atomic E-state index is 11.9. The second-order valence-electron chi connectivity index (χ2n) is 5.25. The van der Waals surface area contributed by atoms with Gasteiger partial charge in [-0.3, -0.25) is 9.59 Å². The topological polar surface area (TPSA) is 95.5 Å². The van der Waals surface area contributed by atoms with E-state index >= 15 is 0 Å². The molecule has 0 radical (unpaired) electrons. The third kappa shape index (κ3) is 7.66. The zero-order chi connectivity index (χ0) is 18.1. The van der Waals surface area contributed by atoms with Gasteiger partial charge in [0.25, 0.3) is 0 Å². The van der Waals surface area contributed by atoms with Crippen LogP contribution in [0.15, 0.2) is 18.2 Å². The number of hydrogen-bond acceptors (Lipinski definition) is 3. The number of carboxylic acid groups (broad SMARTS) is 1. The minimum absolute atomic E-state index is 0.0671. The molecular formula is C16H20Cl2N2O4. The molecule has 8 heteroatoms. The highest BCUT2D eigenvalue weighted by Crippen LogP contribution is 2.20. The Morgan fingerprint density at radius 2 is 1.67 bits per heavy atom. The number of rotatable bonds is 9. The Labute approximate surface area is 150 Å². The number of benzene rings is 1. The number of hydrogen-bond donors (Lipinski definition) is 3. The van der Waals surface area contributed by atoms with Gasteiger partial charge in [0.2, 0.25) is 11.8 Å². The maximum Gasteiger partial charge on any atom is 0.326 e. The Hall–Kier alpha value is -1.79. The Morgan fingerprint density at radius 1 is 1.08 bits per heavy atom. The highest BCUT2D eigenvalue weighted by atomic mass is 35.5.